The number of nitrogens with zero attached hydrogens (tertiary/aromatic N) is 2. The highest BCUT2D eigenvalue weighted by atomic mass is 16.3. The van der Waals surface area contributed by atoms with Gasteiger partial charge in [-0.15, -0.1) is 0 Å². The molecule has 0 aliphatic carbocycles. The predicted molar refractivity (Wildman–Crippen MR) is 456 cm³/mol. The zero-order chi connectivity index (χ0) is 73.3. The number of benzene rings is 17. The van der Waals surface area contributed by atoms with E-state index in [1.807, 2.05) is 0 Å². The van der Waals surface area contributed by atoms with Crippen molar-refractivity contribution in [2.45, 2.75) is 50.4 Å². The molecule has 2 atom stereocenters. The second-order valence-corrected chi connectivity index (χ2v) is 30.5. The van der Waals surface area contributed by atoms with E-state index in [0.717, 1.165) is 99.5 Å². The molecule has 2 aliphatic heterocycles. The molecular weight excluding hydrogens is 1330 g/mol. The number of para-hydroxylation sites is 4. The molecule has 2 aliphatic rings. The number of hydrogen-bond donors (Lipinski definition) is 0. The summed E-state index contributed by atoms with van der Waals surface area (Å²) in [5.41, 5.74) is 30.4. The van der Waals surface area contributed by atoms with Crippen molar-refractivity contribution in [1.29, 1.82) is 0 Å². The van der Waals surface area contributed by atoms with Crippen LogP contribution in [0, 0.1) is 27.7 Å². The summed E-state index contributed by atoms with van der Waals surface area (Å²) in [7, 11) is 0. The number of anilines is 6. The summed E-state index contributed by atoms with van der Waals surface area (Å²) >= 11 is 0. The van der Waals surface area contributed by atoms with Crippen LogP contribution in [0.2, 0.25) is 0 Å². The van der Waals surface area contributed by atoms with E-state index in [4.69, 9.17) is 8.83 Å². The van der Waals surface area contributed by atoms with Crippen LogP contribution in [-0.4, -0.2) is 0 Å². The Labute approximate surface area is 640 Å². The van der Waals surface area contributed by atoms with Crippen LogP contribution >= 0.6 is 0 Å². The molecular formula is C106H76N2O2. The van der Waals surface area contributed by atoms with E-state index in [9.17, 15) is 0 Å². The van der Waals surface area contributed by atoms with E-state index in [0.29, 0.717) is 0 Å². The molecule has 0 spiro atoms. The van der Waals surface area contributed by atoms with E-state index in [-0.39, 0.29) is 11.8 Å². The summed E-state index contributed by atoms with van der Waals surface area (Å²) < 4.78 is 13.8. The molecule has 522 valence electrons. The lowest BCUT2D eigenvalue weighted by molar-refractivity contribution is 0.667. The monoisotopic (exact) mass is 1410 g/mol. The van der Waals surface area contributed by atoms with Gasteiger partial charge in [-0.25, -0.2) is 0 Å². The Hall–Kier alpha value is -13.5. The lowest BCUT2D eigenvalue weighted by Gasteiger charge is -2.46. The summed E-state index contributed by atoms with van der Waals surface area (Å²) in [5.74, 6) is 0.0716. The summed E-state index contributed by atoms with van der Waals surface area (Å²) in [6.45, 7) is 8.77. The number of rotatable bonds is 12. The van der Waals surface area contributed by atoms with Crippen LogP contribution in [0.15, 0.2) is 385 Å². The molecule has 4 heteroatoms. The standard InChI is InChI=1S/C106H76N2O2/c1-67-23-19-27-75(55-67)103(76-28-20-24-68(2)56-76)71-43-49-83(50-44-71)105(81-31-7-5-8-32-81)91-37-13-15-39-95(91)107(97-65-101-89(63-93(97)105)87-35-11-17-41-99(87)109-101)85-53-47-73-60-80-62-86(54-48-74(80)59-79(73)61-85)108-96-40-16-14-38-92(96)106(82-33-9-6-10-34-82,94-64-90-88-36-12-18-42-100(88)110-102(90)66-98(94)108)84-51-45-72(46-52-84)104(77-29-21-25-69(3)57-77)78-30-22-26-70(4)58-78/h5-66,103-104H,1-4H3. The average Bonchev–Trinajstić information content (AvgIpc) is 1.11. The van der Waals surface area contributed by atoms with E-state index in [2.05, 4.69) is 414 Å². The van der Waals surface area contributed by atoms with Gasteiger partial charge in [0.2, 0.25) is 0 Å². The maximum atomic E-state index is 6.91. The van der Waals surface area contributed by atoms with Crippen molar-refractivity contribution in [3.8, 4) is 0 Å². The summed E-state index contributed by atoms with van der Waals surface area (Å²) in [5, 5.41) is 8.92. The lowest BCUT2D eigenvalue weighted by atomic mass is 9.62. The van der Waals surface area contributed by atoms with Gasteiger partial charge in [0.25, 0.3) is 0 Å². The van der Waals surface area contributed by atoms with Gasteiger partial charge < -0.3 is 18.6 Å². The van der Waals surface area contributed by atoms with Crippen molar-refractivity contribution in [2.75, 3.05) is 9.80 Å². The number of fused-ring (bicyclic) bond motifs is 12. The van der Waals surface area contributed by atoms with Gasteiger partial charge in [0.1, 0.15) is 22.3 Å². The molecule has 4 heterocycles. The third-order valence-corrected chi connectivity index (χ3v) is 23.9. The van der Waals surface area contributed by atoms with Crippen LogP contribution in [0.25, 0.3) is 65.4 Å². The van der Waals surface area contributed by atoms with Gasteiger partial charge in [-0.2, -0.15) is 0 Å². The minimum absolute atomic E-state index is 0.0358. The Morgan fingerprint density at radius 1 is 0.218 bits per heavy atom. The van der Waals surface area contributed by atoms with Crippen molar-refractivity contribution < 1.29 is 8.83 Å². The maximum Gasteiger partial charge on any atom is 0.137 e. The van der Waals surface area contributed by atoms with Gasteiger partial charge in [0.05, 0.1) is 33.6 Å². The van der Waals surface area contributed by atoms with Crippen LogP contribution in [0.4, 0.5) is 34.1 Å². The first-order chi connectivity index (χ1) is 54.1. The second kappa shape index (κ2) is 25.6. The zero-order valence-corrected chi connectivity index (χ0v) is 61.7. The molecule has 0 amide bonds. The highest BCUT2D eigenvalue weighted by molar-refractivity contribution is 6.11. The fourth-order valence-corrected chi connectivity index (χ4v) is 19.2. The van der Waals surface area contributed by atoms with E-state index >= 15 is 0 Å². The largest absolute Gasteiger partial charge is 0.456 e. The normalized spacial score (nSPS) is 15.3. The number of hydrogen-bond acceptors (Lipinski definition) is 4. The molecule has 0 saturated carbocycles. The average molecular weight is 1410 g/mol. The SMILES string of the molecule is Cc1cccc(C(c2ccc(C3(c4ccccc4)c4ccccc4N(c4ccc5cc6cc(N7c8ccccc8C(c8ccccc8)(c8ccc(C(c9cccc(C)c9)c9cccc(C)c9)cc8)c8cc9c(cc87)oc7ccccc79)ccc6cc5c4)c4cc5oc6ccccc6c5cc43)cc2)c2cccc(C)c2)c1. The molecule has 0 N–H and O–H groups in total. The van der Waals surface area contributed by atoms with Crippen LogP contribution < -0.4 is 9.80 Å². The van der Waals surface area contributed by atoms with Gasteiger partial charge in [0.15, 0.2) is 0 Å². The van der Waals surface area contributed by atoms with Crippen LogP contribution in [0.1, 0.15) is 112 Å². The Morgan fingerprint density at radius 3 is 0.945 bits per heavy atom. The van der Waals surface area contributed by atoms with Crippen LogP contribution in [-0.2, 0) is 10.8 Å². The lowest BCUT2D eigenvalue weighted by Crippen LogP contribution is -2.37. The second-order valence-electron chi connectivity index (χ2n) is 30.5. The quantitative estimate of drug-likeness (QED) is 0.0901. The van der Waals surface area contributed by atoms with Gasteiger partial charge >= 0.3 is 0 Å². The first-order valence-corrected chi connectivity index (χ1v) is 38.4. The topological polar surface area (TPSA) is 32.8 Å². The Morgan fingerprint density at radius 2 is 0.564 bits per heavy atom. The highest BCUT2D eigenvalue weighted by Gasteiger charge is 2.49. The molecule has 21 rings (SSSR count). The smallest absolute Gasteiger partial charge is 0.137 e. The fourth-order valence-electron chi connectivity index (χ4n) is 19.2. The van der Waals surface area contributed by atoms with E-state index < -0.39 is 10.8 Å². The molecule has 2 aromatic heterocycles. The first kappa shape index (κ1) is 64.8. The molecule has 0 fully saturated rings. The van der Waals surface area contributed by atoms with Gasteiger partial charge in [-0.05, 0) is 200 Å². The van der Waals surface area contributed by atoms with Crippen molar-refractivity contribution in [3.63, 3.8) is 0 Å². The van der Waals surface area contributed by atoms with Gasteiger partial charge in [-0.1, -0.05) is 313 Å². The Balaban J connectivity index is 0.717. The van der Waals surface area contributed by atoms with Crippen molar-refractivity contribution in [3.05, 3.63) is 476 Å². The molecule has 110 heavy (non-hydrogen) atoms. The Bertz CT molecular complexity index is 6360. The molecule has 17 aromatic carbocycles. The fraction of sp³-hybridized carbons (Fsp3) is 0.0755. The maximum absolute atomic E-state index is 6.91. The molecule has 0 saturated heterocycles. The summed E-state index contributed by atoms with van der Waals surface area (Å²) in [6, 6.07) is 141. The zero-order valence-electron chi connectivity index (χ0n) is 61.7. The third kappa shape index (κ3) is 10.2. The third-order valence-electron chi connectivity index (χ3n) is 23.9. The van der Waals surface area contributed by atoms with Gasteiger partial charge in [-0.3, -0.25) is 0 Å². The van der Waals surface area contributed by atoms with Crippen molar-refractivity contribution >= 4 is 99.5 Å². The van der Waals surface area contributed by atoms with Crippen LogP contribution in [0.3, 0.4) is 0 Å². The summed E-state index contributed by atoms with van der Waals surface area (Å²) in [4.78, 5) is 4.99. The molecule has 2 unspecified atom stereocenters. The molecule has 0 radical (unpaired) electrons. The van der Waals surface area contributed by atoms with E-state index in [1.165, 1.54) is 100 Å². The Kier molecular flexibility index (Phi) is 15.1. The molecule has 4 nitrogen and oxygen atoms in total. The van der Waals surface area contributed by atoms with Crippen molar-refractivity contribution in [1.82, 2.24) is 0 Å². The summed E-state index contributed by atoms with van der Waals surface area (Å²) in [6.07, 6.45) is 0. The highest BCUT2D eigenvalue weighted by Crippen LogP contribution is 2.62. The predicted octanol–water partition coefficient (Wildman–Crippen LogP) is 27.7. The molecule has 0 bridgehead atoms. The number of furan rings is 2. The number of aryl methyl sites for hydroxylation is 4. The van der Waals surface area contributed by atoms with E-state index in [1.54, 1.807) is 0 Å². The molecule has 19 aromatic rings. The minimum Gasteiger partial charge on any atom is -0.456 e. The van der Waals surface area contributed by atoms with Crippen molar-refractivity contribution in [2.24, 2.45) is 0 Å². The first-order valence-electron chi connectivity index (χ1n) is 38.4. The van der Waals surface area contributed by atoms with Crippen LogP contribution in [0.5, 0.6) is 0 Å². The van der Waals surface area contributed by atoms with Gasteiger partial charge in [0, 0.05) is 56.9 Å². The minimum atomic E-state index is -0.766.